The van der Waals surface area contributed by atoms with Gasteiger partial charge in [0, 0.05) is 26.1 Å². The number of benzene rings is 1. The summed E-state index contributed by atoms with van der Waals surface area (Å²) in [6.07, 6.45) is 29.0. The highest BCUT2D eigenvalue weighted by Crippen LogP contribution is 2.19. The third-order valence-corrected chi connectivity index (χ3v) is 10.6. The van der Waals surface area contributed by atoms with Crippen molar-refractivity contribution in [3.05, 3.63) is 35.9 Å². The van der Waals surface area contributed by atoms with Crippen molar-refractivity contribution in [1.82, 2.24) is 0 Å². The topological polar surface area (TPSA) is 97.4 Å². The summed E-state index contributed by atoms with van der Waals surface area (Å²) in [5, 5.41) is 0. The molecule has 0 aromatic heterocycles. The Bertz CT molecular complexity index is 997. The van der Waals surface area contributed by atoms with Crippen LogP contribution in [0.25, 0.3) is 0 Å². The molecule has 0 aliphatic heterocycles. The number of esters is 3. The number of hydrogen-bond donors (Lipinski definition) is 0. The van der Waals surface area contributed by atoms with Crippen LogP contribution in [0.15, 0.2) is 30.3 Å². The largest absolute Gasteiger partial charge is 0.462 e. The van der Waals surface area contributed by atoms with E-state index in [4.69, 9.17) is 23.7 Å². The second kappa shape index (κ2) is 39.0. The van der Waals surface area contributed by atoms with Crippen molar-refractivity contribution in [1.29, 1.82) is 0 Å². The van der Waals surface area contributed by atoms with Gasteiger partial charge in [-0.3, -0.25) is 9.59 Å². The molecule has 0 aliphatic carbocycles. The van der Waals surface area contributed by atoms with Crippen LogP contribution in [0.5, 0.6) is 0 Å². The van der Waals surface area contributed by atoms with Crippen molar-refractivity contribution in [2.24, 2.45) is 0 Å². The van der Waals surface area contributed by atoms with Crippen molar-refractivity contribution in [2.45, 2.75) is 239 Å². The highest BCUT2D eigenvalue weighted by Gasteiger charge is 2.17. The van der Waals surface area contributed by atoms with Gasteiger partial charge in [0.25, 0.3) is 0 Å². The first-order chi connectivity index (χ1) is 27.9. The van der Waals surface area contributed by atoms with Crippen molar-refractivity contribution in [3.8, 4) is 0 Å². The molecule has 0 bridgehead atoms. The molecule has 1 rings (SSSR count). The molecule has 0 heterocycles. The van der Waals surface area contributed by atoms with E-state index in [0.717, 1.165) is 179 Å². The minimum Gasteiger partial charge on any atom is -0.462 e. The van der Waals surface area contributed by atoms with Gasteiger partial charge in [0.05, 0.1) is 6.61 Å². The second-order valence-electron chi connectivity index (χ2n) is 16.2. The van der Waals surface area contributed by atoms with E-state index in [9.17, 15) is 14.4 Å². The lowest BCUT2D eigenvalue weighted by molar-refractivity contribution is -0.155. The van der Waals surface area contributed by atoms with Gasteiger partial charge in [0.1, 0.15) is 24.9 Å². The third-order valence-electron chi connectivity index (χ3n) is 10.6. The standard InChI is InChI=1S/C49H86O8/c1-5-9-31-44(32-10-6-2)55-47(50)37-26-19-15-13-17-24-35-46(57-49(52)42-54-40-28-39-53-41-43-29-22-21-23-30-43)36-25-18-14-16-20-27-38-48(51)56-45(33-11-7-3)34-12-8-4/h21-23,29-30,44-46H,5-20,24-28,31-42H2,1-4H3. The van der Waals surface area contributed by atoms with Gasteiger partial charge < -0.3 is 23.7 Å². The molecule has 0 unspecified atom stereocenters. The minimum atomic E-state index is -0.290. The molecule has 8 heteroatoms. The van der Waals surface area contributed by atoms with E-state index in [1.54, 1.807) is 0 Å². The maximum atomic E-state index is 12.7. The van der Waals surface area contributed by atoms with E-state index in [-0.39, 0.29) is 42.8 Å². The molecule has 330 valence electrons. The fourth-order valence-corrected chi connectivity index (χ4v) is 7.10. The average molecular weight is 803 g/mol. The monoisotopic (exact) mass is 803 g/mol. The maximum absolute atomic E-state index is 12.7. The van der Waals surface area contributed by atoms with Gasteiger partial charge in [-0.2, -0.15) is 0 Å². The van der Waals surface area contributed by atoms with Crippen LogP contribution in [0.3, 0.4) is 0 Å². The molecule has 0 aliphatic rings. The van der Waals surface area contributed by atoms with Crippen LogP contribution in [0.2, 0.25) is 0 Å². The molecule has 8 nitrogen and oxygen atoms in total. The van der Waals surface area contributed by atoms with Crippen LogP contribution in [0.1, 0.15) is 219 Å². The molecule has 57 heavy (non-hydrogen) atoms. The Morgan fingerprint density at radius 2 is 0.789 bits per heavy atom. The van der Waals surface area contributed by atoms with Gasteiger partial charge in [0.15, 0.2) is 0 Å². The van der Waals surface area contributed by atoms with E-state index in [1.807, 2.05) is 30.3 Å². The zero-order chi connectivity index (χ0) is 41.4. The molecule has 0 amide bonds. The molecule has 0 saturated heterocycles. The van der Waals surface area contributed by atoms with Crippen molar-refractivity contribution >= 4 is 17.9 Å². The minimum absolute atomic E-state index is 0.0318. The lowest BCUT2D eigenvalue weighted by atomic mass is 10.0. The van der Waals surface area contributed by atoms with E-state index in [1.165, 1.54) is 0 Å². The summed E-state index contributed by atoms with van der Waals surface area (Å²) in [4.78, 5) is 37.6. The SMILES string of the molecule is CCCCC(CCCC)OC(=O)CCCCCCCCC(CCCCCCCCC(=O)OC(CCCC)CCCC)OC(=O)COCCCOCc1ccccc1. The summed E-state index contributed by atoms with van der Waals surface area (Å²) in [6, 6.07) is 10.1. The number of ether oxygens (including phenoxy) is 5. The Balaban J connectivity index is 2.35. The Morgan fingerprint density at radius 1 is 0.421 bits per heavy atom. The van der Waals surface area contributed by atoms with Gasteiger partial charge in [-0.25, -0.2) is 4.79 Å². The van der Waals surface area contributed by atoms with Gasteiger partial charge in [-0.15, -0.1) is 0 Å². The van der Waals surface area contributed by atoms with E-state index in [0.29, 0.717) is 32.7 Å². The molecule has 0 fully saturated rings. The van der Waals surface area contributed by atoms with E-state index < -0.39 is 0 Å². The first-order valence-electron chi connectivity index (χ1n) is 23.7. The van der Waals surface area contributed by atoms with Gasteiger partial charge in [0.2, 0.25) is 0 Å². The molecule has 0 spiro atoms. The first-order valence-corrected chi connectivity index (χ1v) is 23.7. The maximum Gasteiger partial charge on any atom is 0.332 e. The number of carbonyl (C=O) groups is 3. The van der Waals surface area contributed by atoms with E-state index >= 15 is 0 Å². The molecule has 0 radical (unpaired) electrons. The van der Waals surface area contributed by atoms with Crippen LogP contribution in [-0.2, 0) is 44.7 Å². The molecule has 0 N–H and O–H groups in total. The number of unbranched alkanes of at least 4 members (excludes halogenated alkanes) is 14. The Labute approximate surface area is 349 Å². The lowest BCUT2D eigenvalue weighted by Gasteiger charge is -2.18. The van der Waals surface area contributed by atoms with Crippen LogP contribution in [0, 0.1) is 0 Å². The molecular formula is C49H86O8. The highest BCUT2D eigenvalue weighted by atomic mass is 16.6. The highest BCUT2D eigenvalue weighted by molar-refractivity contribution is 5.71. The quantitative estimate of drug-likeness (QED) is 0.0367. The van der Waals surface area contributed by atoms with Gasteiger partial charge in [-0.05, 0) is 76.2 Å². The smallest absolute Gasteiger partial charge is 0.332 e. The Hall–Kier alpha value is -2.45. The second-order valence-corrected chi connectivity index (χ2v) is 16.2. The van der Waals surface area contributed by atoms with Crippen molar-refractivity contribution < 1.29 is 38.1 Å². The van der Waals surface area contributed by atoms with Crippen LogP contribution in [0.4, 0.5) is 0 Å². The van der Waals surface area contributed by atoms with Gasteiger partial charge in [-0.1, -0.05) is 161 Å². The molecular weight excluding hydrogens is 717 g/mol. The first kappa shape index (κ1) is 52.6. The fraction of sp³-hybridized carbons (Fsp3) is 0.816. The van der Waals surface area contributed by atoms with Crippen LogP contribution >= 0.6 is 0 Å². The predicted octanol–water partition coefficient (Wildman–Crippen LogP) is 13.3. The van der Waals surface area contributed by atoms with Crippen LogP contribution < -0.4 is 0 Å². The zero-order valence-corrected chi connectivity index (χ0v) is 37.2. The normalized spacial score (nSPS) is 11.5. The molecule has 1 aromatic carbocycles. The van der Waals surface area contributed by atoms with E-state index in [2.05, 4.69) is 27.7 Å². The molecule has 1 aromatic rings. The van der Waals surface area contributed by atoms with Crippen molar-refractivity contribution in [2.75, 3.05) is 19.8 Å². The number of rotatable bonds is 41. The number of carbonyl (C=O) groups excluding carboxylic acids is 3. The number of hydrogen-bond acceptors (Lipinski definition) is 8. The van der Waals surface area contributed by atoms with Gasteiger partial charge >= 0.3 is 17.9 Å². The predicted molar refractivity (Wildman–Crippen MR) is 233 cm³/mol. The zero-order valence-electron chi connectivity index (χ0n) is 37.2. The van der Waals surface area contributed by atoms with Crippen LogP contribution in [-0.4, -0.2) is 56.0 Å². The Kier molecular flexibility index (Phi) is 36.0. The lowest BCUT2D eigenvalue weighted by Crippen LogP contribution is -2.22. The van der Waals surface area contributed by atoms with Crippen molar-refractivity contribution in [3.63, 3.8) is 0 Å². The summed E-state index contributed by atoms with van der Waals surface area (Å²) >= 11 is 0. The molecule has 0 saturated carbocycles. The average Bonchev–Trinajstić information content (AvgIpc) is 3.21. The summed E-state index contributed by atoms with van der Waals surface area (Å²) in [6.45, 7) is 10.3. The summed E-state index contributed by atoms with van der Waals surface area (Å²) < 4.78 is 28.9. The molecule has 0 atom stereocenters. The fourth-order valence-electron chi connectivity index (χ4n) is 7.10. The third kappa shape index (κ3) is 33.1. The summed E-state index contributed by atoms with van der Waals surface area (Å²) in [5.74, 6) is -0.362. The summed E-state index contributed by atoms with van der Waals surface area (Å²) in [7, 11) is 0. The Morgan fingerprint density at radius 3 is 1.23 bits per heavy atom. The summed E-state index contributed by atoms with van der Waals surface area (Å²) in [5.41, 5.74) is 1.14.